The van der Waals surface area contributed by atoms with E-state index in [0.717, 1.165) is 0 Å². The van der Waals surface area contributed by atoms with Crippen molar-refractivity contribution in [3.05, 3.63) is 11.6 Å². The number of halogens is 4. The number of alkyl halides is 4. The molecule has 0 saturated carbocycles. The molecule has 16 heavy (non-hydrogen) atoms. The summed E-state index contributed by atoms with van der Waals surface area (Å²) in [6.45, 7) is 0.545. The molecule has 0 atom stereocenters. The Labute approximate surface area is 95.4 Å². The molecule has 0 saturated heterocycles. The Morgan fingerprint density at radius 3 is 2.44 bits per heavy atom. The van der Waals surface area contributed by atoms with Gasteiger partial charge in [-0.1, -0.05) is 0 Å². The Hall–Kier alpha value is -0.820. The lowest BCUT2D eigenvalue weighted by Crippen LogP contribution is -2.18. The zero-order valence-corrected chi connectivity index (χ0v) is 9.35. The second-order valence-electron chi connectivity index (χ2n) is 3.10. The van der Waals surface area contributed by atoms with Crippen LogP contribution in [0.2, 0.25) is 0 Å². The van der Waals surface area contributed by atoms with Crippen LogP contribution in [0.25, 0.3) is 0 Å². The third-order valence-electron chi connectivity index (χ3n) is 1.90. The lowest BCUT2D eigenvalue weighted by molar-refractivity contribution is -0.129. The molecule has 0 radical (unpaired) electrons. The number of ether oxygens (including phenoxy) is 1. The first kappa shape index (κ1) is 13.2. The molecule has 0 aliphatic heterocycles. The van der Waals surface area contributed by atoms with Crippen LogP contribution in [-0.2, 0) is 23.6 Å². The number of hydrogen-bond donors (Lipinski definition) is 0. The summed E-state index contributed by atoms with van der Waals surface area (Å²) < 4.78 is 42.8. The fraction of sp³-hybridized carbons (Fsp3) is 0.750. The molecule has 0 N–H and O–H groups in total. The molecule has 1 rings (SSSR count). The lowest BCUT2D eigenvalue weighted by Gasteiger charge is -2.10. The van der Waals surface area contributed by atoms with E-state index in [2.05, 4.69) is 10.2 Å². The maximum absolute atomic E-state index is 12.2. The first-order valence-electron chi connectivity index (χ1n) is 4.50. The molecule has 0 unspecified atom stereocenters. The van der Waals surface area contributed by atoms with Gasteiger partial charge in [-0.2, -0.15) is 13.2 Å². The molecular formula is C8H11ClF3N3O. The van der Waals surface area contributed by atoms with Gasteiger partial charge < -0.3 is 9.30 Å². The number of nitrogens with zero attached hydrogens (tertiary/aromatic N) is 3. The van der Waals surface area contributed by atoms with Gasteiger partial charge in [0.05, 0.1) is 12.5 Å². The standard InChI is InChI=1S/C8H11ClF3N3O/c1-16-3-2-15-6(4-8(10,11)12)13-14-7(15)5-9/h2-5H2,1H3. The molecule has 0 aromatic carbocycles. The summed E-state index contributed by atoms with van der Waals surface area (Å²) in [6, 6.07) is 0. The average Bonchev–Trinajstić information content (AvgIpc) is 2.55. The normalized spacial score (nSPS) is 12.1. The fourth-order valence-electron chi connectivity index (χ4n) is 1.22. The minimum atomic E-state index is -4.30. The quantitative estimate of drug-likeness (QED) is 0.755. The smallest absolute Gasteiger partial charge is 0.383 e. The summed E-state index contributed by atoms with van der Waals surface area (Å²) >= 11 is 5.55. The monoisotopic (exact) mass is 257 g/mol. The van der Waals surface area contributed by atoms with Crippen molar-refractivity contribution in [3.8, 4) is 0 Å². The second kappa shape index (κ2) is 5.49. The average molecular weight is 258 g/mol. The summed E-state index contributed by atoms with van der Waals surface area (Å²) in [7, 11) is 1.47. The van der Waals surface area contributed by atoms with Crippen molar-refractivity contribution in [2.75, 3.05) is 13.7 Å². The fourth-order valence-corrected chi connectivity index (χ4v) is 1.42. The van der Waals surface area contributed by atoms with Crippen molar-refractivity contribution >= 4 is 11.6 Å². The Bertz CT molecular complexity index is 340. The van der Waals surface area contributed by atoms with E-state index in [1.807, 2.05) is 0 Å². The first-order chi connectivity index (χ1) is 7.48. The van der Waals surface area contributed by atoms with Crippen molar-refractivity contribution in [1.82, 2.24) is 14.8 Å². The van der Waals surface area contributed by atoms with Crippen molar-refractivity contribution in [3.63, 3.8) is 0 Å². The van der Waals surface area contributed by atoms with Gasteiger partial charge in [-0.05, 0) is 0 Å². The maximum atomic E-state index is 12.2. The third kappa shape index (κ3) is 3.64. The van der Waals surface area contributed by atoms with Gasteiger partial charge in [0.1, 0.15) is 18.1 Å². The molecule has 0 aliphatic rings. The SMILES string of the molecule is COCCn1c(CCl)nnc1CC(F)(F)F. The van der Waals surface area contributed by atoms with Crippen LogP contribution in [0, 0.1) is 0 Å². The van der Waals surface area contributed by atoms with Crippen molar-refractivity contribution in [2.45, 2.75) is 25.0 Å². The Balaban J connectivity index is 2.86. The third-order valence-corrected chi connectivity index (χ3v) is 2.14. The molecule has 8 heteroatoms. The number of rotatable bonds is 5. The van der Waals surface area contributed by atoms with Crippen molar-refractivity contribution < 1.29 is 17.9 Å². The summed E-state index contributed by atoms with van der Waals surface area (Å²) in [5, 5.41) is 7.08. The van der Waals surface area contributed by atoms with Crippen LogP contribution in [0.15, 0.2) is 0 Å². The van der Waals surface area contributed by atoms with Crippen LogP contribution in [0.4, 0.5) is 13.2 Å². The lowest BCUT2D eigenvalue weighted by atomic mass is 10.4. The number of methoxy groups -OCH3 is 1. The summed E-state index contributed by atoms with van der Waals surface area (Å²) in [6.07, 6.45) is -5.41. The Morgan fingerprint density at radius 1 is 1.31 bits per heavy atom. The highest BCUT2D eigenvalue weighted by atomic mass is 35.5. The second-order valence-corrected chi connectivity index (χ2v) is 3.37. The van der Waals surface area contributed by atoms with E-state index < -0.39 is 12.6 Å². The van der Waals surface area contributed by atoms with Crippen LogP contribution < -0.4 is 0 Å². The Morgan fingerprint density at radius 2 is 1.94 bits per heavy atom. The van der Waals surface area contributed by atoms with E-state index in [-0.39, 0.29) is 24.9 Å². The zero-order chi connectivity index (χ0) is 12.2. The number of aromatic nitrogens is 3. The first-order valence-corrected chi connectivity index (χ1v) is 5.04. The van der Waals surface area contributed by atoms with E-state index in [4.69, 9.17) is 16.3 Å². The predicted octanol–water partition coefficient (Wildman–Crippen LogP) is 1.77. The molecule has 92 valence electrons. The van der Waals surface area contributed by atoms with Gasteiger partial charge in [-0.15, -0.1) is 21.8 Å². The molecule has 0 aliphatic carbocycles. The van der Waals surface area contributed by atoms with Crippen LogP contribution in [-0.4, -0.2) is 34.7 Å². The van der Waals surface area contributed by atoms with Gasteiger partial charge in [0.25, 0.3) is 0 Å². The van der Waals surface area contributed by atoms with Gasteiger partial charge in [0.2, 0.25) is 0 Å². The zero-order valence-electron chi connectivity index (χ0n) is 8.59. The van der Waals surface area contributed by atoms with E-state index >= 15 is 0 Å². The highest BCUT2D eigenvalue weighted by molar-refractivity contribution is 6.16. The largest absolute Gasteiger partial charge is 0.396 e. The van der Waals surface area contributed by atoms with Gasteiger partial charge in [-0.25, -0.2) is 0 Å². The number of hydrogen-bond acceptors (Lipinski definition) is 3. The van der Waals surface area contributed by atoms with E-state index in [0.29, 0.717) is 5.82 Å². The minimum absolute atomic E-state index is 0.0224. The van der Waals surface area contributed by atoms with E-state index in [9.17, 15) is 13.2 Å². The molecule has 1 aromatic rings. The van der Waals surface area contributed by atoms with Gasteiger partial charge >= 0.3 is 6.18 Å². The highest BCUT2D eigenvalue weighted by Crippen LogP contribution is 2.21. The minimum Gasteiger partial charge on any atom is -0.383 e. The topological polar surface area (TPSA) is 39.9 Å². The predicted molar refractivity (Wildman–Crippen MR) is 51.2 cm³/mol. The molecule has 1 aromatic heterocycles. The molecular weight excluding hydrogens is 247 g/mol. The van der Waals surface area contributed by atoms with Crippen molar-refractivity contribution in [2.24, 2.45) is 0 Å². The van der Waals surface area contributed by atoms with Gasteiger partial charge in [0.15, 0.2) is 0 Å². The molecule has 0 spiro atoms. The van der Waals surface area contributed by atoms with Gasteiger partial charge in [-0.3, -0.25) is 0 Å². The van der Waals surface area contributed by atoms with Crippen molar-refractivity contribution in [1.29, 1.82) is 0 Å². The molecule has 0 bridgehead atoms. The molecule has 0 fully saturated rings. The van der Waals surface area contributed by atoms with Gasteiger partial charge in [0, 0.05) is 13.7 Å². The summed E-state index contributed by atoms with van der Waals surface area (Å²) in [5.41, 5.74) is 0. The molecule has 4 nitrogen and oxygen atoms in total. The van der Waals surface area contributed by atoms with Crippen LogP contribution >= 0.6 is 11.6 Å². The summed E-state index contributed by atoms with van der Waals surface area (Å²) in [5.74, 6) is 0.201. The molecule has 0 amide bonds. The maximum Gasteiger partial charge on any atom is 0.396 e. The van der Waals surface area contributed by atoms with E-state index in [1.165, 1.54) is 11.7 Å². The Kier molecular flexibility index (Phi) is 4.55. The highest BCUT2D eigenvalue weighted by Gasteiger charge is 2.31. The summed E-state index contributed by atoms with van der Waals surface area (Å²) in [4.78, 5) is 0. The van der Waals surface area contributed by atoms with Crippen LogP contribution in [0.5, 0.6) is 0 Å². The van der Waals surface area contributed by atoms with Crippen LogP contribution in [0.3, 0.4) is 0 Å². The van der Waals surface area contributed by atoms with Crippen LogP contribution in [0.1, 0.15) is 11.6 Å². The molecule has 1 heterocycles. The van der Waals surface area contributed by atoms with E-state index in [1.54, 1.807) is 0 Å².